The number of Topliss-reactive ketones (excluding diaryl/α,β-unsaturated/α-hetero) is 1. The zero-order chi connectivity index (χ0) is 8.48. The Morgan fingerprint density at radius 3 is 2.09 bits per heavy atom. The van der Waals surface area contributed by atoms with E-state index in [0.29, 0.717) is 25.7 Å². The van der Waals surface area contributed by atoms with Gasteiger partial charge in [-0.3, -0.25) is 4.79 Å². The molecule has 1 rings (SSSR count). The van der Waals surface area contributed by atoms with Gasteiger partial charge in [0.1, 0.15) is 5.78 Å². The highest BCUT2D eigenvalue weighted by Crippen LogP contribution is 2.19. The van der Waals surface area contributed by atoms with Crippen molar-refractivity contribution in [1.29, 1.82) is 0 Å². The normalized spacial score (nSPS) is 22.1. The number of sulfonamides is 1. The van der Waals surface area contributed by atoms with Crippen molar-refractivity contribution in [3.05, 3.63) is 0 Å². The van der Waals surface area contributed by atoms with Crippen molar-refractivity contribution < 1.29 is 13.2 Å². The average Bonchev–Trinajstić information content (AvgIpc) is 1.86. The second kappa shape index (κ2) is 2.91. The highest BCUT2D eigenvalue weighted by atomic mass is 32.2. The van der Waals surface area contributed by atoms with Crippen LogP contribution < -0.4 is 5.14 Å². The van der Waals surface area contributed by atoms with Crippen LogP contribution in [-0.4, -0.2) is 19.5 Å². The Morgan fingerprint density at radius 2 is 1.73 bits per heavy atom. The minimum atomic E-state index is -3.40. The lowest BCUT2D eigenvalue weighted by Crippen LogP contribution is -2.32. The molecule has 0 atom stereocenters. The van der Waals surface area contributed by atoms with Crippen LogP contribution in [-0.2, 0) is 14.8 Å². The van der Waals surface area contributed by atoms with Crippen molar-refractivity contribution in [2.75, 3.05) is 0 Å². The van der Waals surface area contributed by atoms with Gasteiger partial charge in [-0.2, -0.15) is 0 Å². The standard InChI is InChI=1S/C6H11NO3S/c7-11(9,10)6-3-1-5(8)2-4-6/h6H,1-4H2,(H2,7,9,10). The molecule has 0 spiro atoms. The second-order valence-electron chi connectivity index (χ2n) is 2.83. The maximum atomic E-state index is 10.8. The highest BCUT2D eigenvalue weighted by molar-refractivity contribution is 7.89. The van der Waals surface area contributed by atoms with E-state index in [1.807, 2.05) is 0 Å². The molecule has 64 valence electrons. The van der Waals surface area contributed by atoms with Crippen molar-refractivity contribution in [2.24, 2.45) is 5.14 Å². The van der Waals surface area contributed by atoms with Crippen LogP contribution in [0.2, 0.25) is 0 Å². The quantitative estimate of drug-likeness (QED) is 0.601. The number of carbonyl (C=O) groups excluding carboxylic acids is 1. The van der Waals surface area contributed by atoms with Crippen LogP contribution in [0.1, 0.15) is 25.7 Å². The van der Waals surface area contributed by atoms with Gasteiger partial charge in [-0.15, -0.1) is 0 Å². The first kappa shape index (κ1) is 8.67. The maximum Gasteiger partial charge on any atom is 0.211 e. The molecule has 4 nitrogen and oxygen atoms in total. The first-order valence-corrected chi connectivity index (χ1v) is 5.14. The zero-order valence-electron chi connectivity index (χ0n) is 6.12. The molecule has 0 radical (unpaired) electrons. The van der Waals surface area contributed by atoms with E-state index in [2.05, 4.69) is 0 Å². The van der Waals surface area contributed by atoms with Crippen LogP contribution in [0.15, 0.2) is 0 Å². The van der Waals surface area contributed by atoms with Crippen LogP contribution in [0.4, 0.5) is 0 Å². The molecule has 0 aromatic rings. The zero-order valence-corrected chi connectivity index (χ0v) is 6.93. The van der Waals surface area contributed by atoms with Crippen LogP contribution in [0.3, 0.4) is 0 Å². The second-order valence-corrected chi connectivity index (χ2v) is 4.67. The molecule has 0 heterocycles. The van der Waals surface area contributed by atoms with Crippen LogP contribution in [0, 0.1) is 0 Å². The molecule has 5 heteroatoms. The van der Waals surface area contributed by atoms with E-state index in [9.17, 15) is 13.2 Å². The van der Waals surface area contributed by atoms with Gasteiger partial charge in [-0.25, -0.2) is 13.6 Å². The summed E-state index contributed by atoms with van der Waals surface area (Å²) in [4.78, 5) is 10.7. The van der Waals surface area contributed by atoms with Crippen molar-refractivity contribution >= 4 is 15.8 Å². The Labute approximate surface area is 65.8 Å². The third-order valence-corrected chi connectivity index (χ3v) is 3.36. The molecule has 0 amide bonds. The van der Waals surface area contributed by atoms with Crippen molar-refractivity contribution in [3.8, 4) is 0 Å². The summed E-state index contributed by atoms with van der Waals surface area (Å²) in [6.07, 6.45) is 1.53. The van der Waals surface area contributed by atoms with E-state index in [1.165, 1.54) is 0 Å². The lowest BCUT2D eigenvalue weighted by Gasteiger charge is -2.17. The summed E-state index contributed by atoms with van der Waals surface area (Å²) in [5.74, 6) is 0.143. The summed E-state index contributed by atoms with van der Waals surface area (Å²) >= 11 is 0. The summed E-state index contributed by atoms with van der Waals surface area (Å²) in [6, 6.07) is 0. The fourth-order valence-corrected chi connectivity index (χ4v) is 2.13. The van der Waals surface area contributed by atoms with E-state index in [1.54, 1.807) is 0 Å². The summed E-state index contributed by atoms with van der Waals surface area (Å²) < 4.78 is 21.5. The van der Waals surface area contributed by atoms with Crippen LogP contribution >= 0.6 is 0 Å². The van der Waals surface area contributed by atoms with Gasteiger partial charge in [-0.1, -0.05) is 0 Å². The van der Waals surface area contributed by atoms with Gasteiger partial charge in [0.05, 0.1) is 5.25 Å². The molecule has 1 fully saturated rings. The molecule has 0 bridgehead atoms. The minimum absolute atomic E-state index is 0.143. The molecular weight excluding hydrogens is 166 g/mol. The number of ketones is 1. The molecule has 0 aromatic carbocycles. The summed E-state index contributed by atoms with van der Waals surface area (Å²) in [6.45, 7) is 0. The topological polar surface area (TPSA) is 77.2 Å². The van der Waals surface area contributed by atoms with E-state index >= 15 is 0 Å². The van der Waals surface area contributed by atoms with Gasteiger partial charge in [0.2, 0.25) is 10.0 Å². The minimum Gasteiger partial charge on any atom is -0.300 e. The van der Waals surface area contributed by atoms with E-state index in [-0.39, 0.29) is 5.78 Å². The van der Waals surface area contributed by atoms with Gasteiger partial charge in [0, 0.05) is 12.8 Å². The Hall–Kier alpha value is -0.420. The van der Waals surface area contributed by atoms with Gasteiger partial charge in [-0.05, 0) is 12.8 Å². The first-order valence-electron chi connectivity index (χ1n) is 3.53. The van der Waals surface area contributed by atoms with Crippen LogP contribution in [0.5, 0.6) is 0 Å². The number of rotatable bonds is 1. The third-order valence-electron chi connectivity index (χ3n) is 1.95. The van der Waals surface area contributed by atoms with Crippen molar-refractivity contribution in [2.45, 2.75) is 30.9 Å². The van der Waals surface area contributed by atoms with Gasteiger partial charge >= 0.3 is 0 Å². The van der Waals surface area contributed by atoms with Crippen molar-refractivity contribution in [1.82, 2.24) is 0 Å². The SMILES string of the molecule is NS(=O)(=O)C1CCC(=O)CC1. The number of carbonyl (C=O) groups is 1. The van der Waals surface area contributed by atoms with Gasteiger partial charge in [0.15, 0.2) is 0 Å². The number of nitrogens with two attached hydrogens (primary N) is 1. The molecule has 1 saturated carbocycles. The Morgan fingerprint density at radius 1 is 1.27 bits per heavy atom. The molecule has 2 N–H and O–H groups in total. The van der Waals surface area contributed by atoms with Crippen LogP contribution in [0.25, 0.3) is 0 Å². The summed E-state index contributed by atoms with van der Waals surface area (Å²) in [5.41, 5.74) is 0. The fraction of sp³-hybridized carbons (Fsp3) is 0.833. The number of primary sulfonamides is 1. The summed E-state index contributed by atoms with van der Waals surface area (Å²) in [5, 5.41) is 4.43. The van der Waals surface area contributed by atoms with E-state index in [4.69, 9.17) is 5.14 Å². The molecule has 1 aliphatic rings. The lowest BCUT2D eigenvalue weighted by molar-refractivity contribution is -0.120. The third kappa shape index (κ3) is 2.27. The Kier molecular flexibility index (Phi) is 2.29. The maximum absolute atomic E-state index is 10.8. The molecule has 0 aromatic heterocycles. The molecular formula is C6H11NO3S. The average molecular weight is 177 g/mol. The molecule has 0 saturated heterocycles. The largest absolute Gasteiger partial charge is 0.300 e. The fourth-order valence-electron chi connectivity index (χ4n) is 1.24. The predicted molar refractivity (Wildman–Crippen MR) is 40.4 cm³/mol. The Bertz CT molecular complexity index is 247. The number of hydrogen-bond donors (Lipinski definition) is 1. The van der Waals surface area contributed by atoms with Gasteiger partial charge < -0.3 is 0 Å². The van der Waals surface area contributed by atoms with Crippen molar-refractivity contribution in [3.63, 3.8) is 0 Å². The summed E-state index contributed by atoms with van der Waals surface area (Å²) in [7, 11) is -3.40. The lowest BCUT2D eigenvalue weighted by atomic mass is 9.99. The van der Waals surface area contributed by atoms with E-state index < -0.39 is 15.3 Å². The van der Waals surface area contributed by atoms with Gasteiger partial charge in [0.25, 0.3) is 0 Å². The van der Waals surface area contributed by atoms with E-state index in [0.717, 1.165) is 0 Å². The molecule has 0 unspecified atom stereocenters. The molecule has 11 heavy (non-hydrogen) atoms. The molecule has 1 aliphatic carbocycles. The smallest absolute Gasteiger partial charge is 0.211 e. The Balaban J connectivity index is 2.60. The first-order chi connectivity index (χ1) is 5.00. The monoisotopic (exact) mass is 177 g/mol. The highest BCUT2D eigenvalue weighted by Gasteiger charge is 2.26. The number of hydrogen-bond acceptors (Lipinski definition) is 3. The predicted octanol–water partition coefficient (Wildman–Crippen LogP) is -0.213. The molecule has 0 aliphatic heterocycles.